The van der Waals surface area contributed by atoms with Crippen molar-refractivity contribution in [2.75, 3.05) is 26.2 Å². The summed E-state index contributed by atoms with van der Waals surface area (Å²) < 4.78 is 10.3. The van der Waals surface area contributed by atoms with E-state index in [1.807, 2.05) is 20.8 Å². The lowest BCUT2D eigenvalue weighted by Crippen LogP contribution is -2.47. The Labute approximate surface area is 126 Å². The van der Waals surface area contributed by atoms with E-state index in [1.54, 1.807) is 0 Å². The van der Waals surface area contributed by atoms with Crippen molar-refractivity contribution in [2.24, 2.45) is 11.7 Å². The van der Waals surface area contributed by atoms with Crippen molar-refractivity contribution >= 4 is 11.9 Å². The molecule has 1 rings (SSSR count). The molecule has 1 aliphatic rings. The molecule has 0 aromatic heterocycles. The van der Waals surface area contributed by atoms with Gasteiger partial charge in [-0.15, -0.1) is 0 Å². The first-order valence-corrected chi connectivity index (χ1v) is 7.53. The Morgan fingerprint density at radius 2 is 1.86 bits per heavy atom. The highest BCUT2D eigenvalue weighted by Crippen LogP contribution is 2.21. The molecule has 1 aliphatic heterocycles. The molecule has 0 aromatic carbocycles. The Bertz CT molecular complexity index is 357. The van der Waals surface area contributed by atoms with Crippen molar-refractivity contribution in [2.45, 2.75) is 52.2 Å². The molecule has 1 saturated heterocycles. The van der Waals surface area contributed by atoms with Gasteiger partial charge in [-0.1, -0.05) is 0 Å². The van der Waals surface area contributed by atoms with Crippen LogP contribution in [0.1, 0.15) is 40.5 Å². The highest BCUT2D eigenvalue weighted by molar-refractivity contribution is 5.76. The number of ether oxygens (including phenoxy) is 2. The summed E-state index contributed by atoms with van der Waals surface area (Å²) in [4.78, 5) is 24.9. The molecule has 6 nitrogen and oxygen atoms in total. The lowest BCUT2D eigenvalue weighted by Gasteiger charge is -2.34. The van der Waals surface area contributed by atoms with Crippen molar-refractivity contribution in [3.8, 4) is 0 Å². The fourth-order valence-corrected chi connectivity index (χ4v) is 2.42. The minimum absolute atomic E-state index is 0.157. The van der Waals surface area contributed by atoms with E-state index >= 15 is 0 Å². The van der Waals surface area contributed by atoms with Gasteiger partial charge in [-0.25, -0.2) is 0 Å². The van der Waals surface area contributed by atoms with Crippen molar-refractivity contribution in [1.29, 1.82) is 0 Å². The number of hydrogen-bond acceptors (Lipinski definition) is 6. The molecule has 0 amide bonds. The van der Waals surface area contributed by atoms with Crippen LogP contribution in [0.4, 0.5) is 0 Å². The van der Waals surface area contributed by atoms with E-state index in [0.717, 1.165) is 32.5 Å². The number of esters is 2. The van der Waals surface area contributed by atoms with Gasteiger partial charge in [0, 0.05) is 13.5 Å². The van der Waals surface area contributed by atoms with E-state index in [0.29, 0.717) is 6.61 Å². The summed E-state index contributed by atoms with van der Waals surface area (Å²) in [5.74, 6) is -0.414. The molecule has 0 bridgehead atoms. The second-order valence-corrected chi connectivity index (χ2v) is 6.58. The summed E-state index contributed by atoms with van der Waals surface area (Å²) in [6, 6.07) is -0.556. The normalized spacial score (nSPS) is 19.1. The van der Waals surface area contributed by atoms with E-state index in [-0.39, 0.29) is 17.9 Å². The van der Waals surface area contributed by atoms with Crippen LogP contribution < -0.4 is 5.73 Å². The third-order valence-electron chi connectivity index (χ3n) is 3.53. The van der Waals surface area contributed by atoms with Gasteiger partial charge >= 0.3 is 11.9 Å². The molecule has 122 valence electrons. The van der Waals surface area contributed by atoms with Gasteiger partial charge in [0.1, 0.15) is 18.2 Å². The average Bonchev–Trinajstić information content (AvgIpc) is 2.36. The topological polar surface area (TPSA) is 81.9 Å². The van der Waals surface area contributed by atoms with E-state index in [4.69, 9.17) is 15.2 Å². The van der Waals surface area contributed by atoms with Crippen molar-refractivity contribution < 1.29 is 19.1 Å². The molecule has 1 atom stereocenters. The third kappa shape index (κ3) is 6.91. The molecule has 2 N–H and O–H groups in total. The van der Waals surface area contributed by atoms with E-state index in [9.17, 15) is 9.59 Å². The maximum absolute atomic E-state index is 12.0. The van der Waals surface area contributed by atoms with Crippen LogP contribution in [0.15, 0.2) is 0 Å². The number of carbonyl (C=O) groups excluding carboxylic acids is 2. The molecular formula is C15H28N2O4. The minimum Gasteiger partial charge on any atom is -0.465 e. The maximum atomic E-state index is 12.0. The number of rotatable bonds is 5. The summed E-state index contributed by atoms with van der Waals surface area (Å²) in [5, 5.41) is 0. The van der Waals surface area contributed by atoms with Crippen LogP contribution >= 0.6 is 0 Å². The molecule has 0 saturated carbocycles. The van der Waals surface area contributed by atoms with Crippen molar-refractivity contribution in [3.05, 3.63) is 0 Å². The van der Waals surface area contributed by atoms with Crippen LogP contribution in [0, 0.1) is 5.92 Å². The van der Waals surface area contributed by atoms with Gasteiger partial charge in [0.05, 0.1) is 0 Å². The molecule has 1 heterocycles. The molecule has 0 spiro atoms. The second-order valence-electron chi connectivity index (χ2n) is 6.58. The molecule has 1 fully saturated rings. The van der Waals surface area contributed by atoms with Gasteiger partial charge in [-0.05, 0) is 52.6 Å². The molecule has 0 aromatic rings. The first kappa shape index (κ1) is 17.9. The molecule has 21 heavy (non-hydrogen) atoms. The van der Waals surface area contributed by atoms with Crippen LogP contribution in [0.5, 0.6) is 0 Å². The minimum atomic E-state index is -0.556. The fourth-order valence-electron chi connectivity index (χ4n) is 2.42. The second kappa shape index (κ2) is 7.75. The smallest absolute Gasteiger partial charge is 0.323 e. The number of piperidine rings is 1. The Morgan fingerprint density at radius 1 is 1.29 bits per heavy atom. The largest absolute Gasteiger partial charge is 0.465 e. The number of hydrogen-bond donors (Lipinski definition) is 1. The van der Waals surface area contributed by atoms with Gasteiger partial charge in [-0.3, -0.25) is 14.5 Å². The lowest BCUT2D eigenvalue weighted by atomic mass is 9.90. The zero-order chi connectivity index (χ0) is 16.0. The predicted octanol–water partition coefficient (Wildman–Crippen LogP) is 0.931. The molecule has 1 unspecified atom stereocenters. The zero-order valence-electron chi connectivity index (χ0n) is 13.6. The van der Waals surface area contributed by atoms with Crippen molar-refractivity contribution in [1.82, 2.24) is 4.90 Å². The average molecular weight is 300 g/mol. The summed E-state index contributed by atoms with van der Waals surface area (Å²) in [6.45, 7) is 9.81. The van der Waals surface area contributed by atoms with Crippen LogP contribution in [0.25, 0.3) is 0 Å². The predicted molar refractivity (Wildman–Crippen MR) is 79.6 cm³/mol. The van der Waals surface area contributed by atoms with Gasteiger partial charge in [0.25, 0.3) is 0 Å². The standard InChI is InChI=1S/C15H28N2O4/c1-11(18)20-10-9-17-7-5-12(6-8-17)13(16)14(19)21-15(2,3)4/h12-13H,5-10,16H2,1-4H3. The number of nitrogens with two attached hydrogens (primary N) is 1. The highest BCUT2D eigenvalue weighted by atomic mass is 16.6. The fraction of sp³-hybridized carbons (Fsp3) is 0.867. The number of nitrogens with zero attached hydrogens (tertiary/aromatic N) is 1. The van der Waals surface area contributed by atoms with Crippen LogP contribution in [-0.2, 0) is 19.1 Å². The molecular weight excluding hydrogens is 272 g/mol. The highest BCUT2D eigenvalue weighted by Gasteiger charge is 2.31. The number of likely N-dealkylation sites (tertiary alicyclic amines) is 1. The van der Waals surface area contributed by atoms with Crippen LogP contribution in [0.3, 0.4) is 0 Å². The summed E-state index contributed by atoms with van der Waals surface area (Å²) in [6.07, 6.45) is 1.72. The molecule has 0 aliphatic carbocycles. The first-order valence-electron chi connectivity index (χ1n) is 7.53. The summed E-state index contributed by atoms with van der Waals surface area (Å²) >= 11 is 0. The van der Waals surface area contributed by atoms with Gasteiger partial charge in [-0.2, -0.15) is 0 Å². The monoisotopic (exact) mass is 300 g/mol. The molecule has 0 radical (unpaired) electrons. The van der Waals surface area contributed by atoms with Crippen LogP contribution in [-0.4, -0.2) is 54.7 Å². The molecule has 6 heteroatoms. The van der Waals surface area contributed by atoms with Gasteiger partial charge in [0.15, 0.2) is 0 Å². The zero-order valence-corrected chi connectivity index (χ0v) is 13.6. The Kier molecular flexibility index (Phi) is 6.61. The quantitative estimate of drug-likeness (QED) is 0.761. The van der Waals surface area contributed by atoms with Crippen LogP contribution in [0.2, 0.25) is 0 Å². The SMILES string of the molecule is CC(=O)OCCN1CCC(C(N)C(=O)OC(C)(C)C)CC1. The number of carbonyl (C=O) groups is 2. The van der Waals surface area contributed by atoms with E-state index < -0.39 is 11.6 Å². The third-order valence-corrected chi connectivity index (χ3v) is 3.53. The lowest BCUT2D eigenvalue weighted by molar-refractivity contribution is -0.158. The van der Waals surface area contributed by atoms with Gasteiger partial charge in [0.2, 0.25) is 0 Å². The maximum Gasteiger partial charge on any atom is 0.323 e. The summed E-state index contributed by atoms with van der Waals surface area (Å²) in [5.41, 5.74) is 5.52. The Balaban J connectivity index is 2.31. The van der Waals surface area contributed by atoms with E-state index in [1.165, 1.54) is 6.92 Å². The summed E-state index contributed by atoms with van der Waals surface area (Å²) in [7, 11) is 0. The van der Waals surface area contributed by atoms with Crippen molar-refractivity contribution in [3.63, 3.8) is 0 Å². The Hall–Kier alpha value is -1.14. The van der Waals surface area contributed by atoms with E-state index in [2.05, 4.69) is 4.90 Å². The first-order chi connectivity index (χ1) is 9.69. The Morgan fingerprint density at radius 3 is 2.33 bits per heavy atom. The van der Waals surface area contributed by atoms with Gasteiger partial charge < -0.3 is 15.2 Å².